The predicted octanol–water partition coefficient (Wildman–Crippen LogP) is -0.865. The summed E-state index contributed by atoms with van der Waals surface area (Å²) in [5.41, 5.74) is 11.7. The van der Waals surface area contributed by atoms with Gasteiger partial charge in [0.1, 0.15) is 0 Å². The summed E-state index contributed by atoms with van der Waals surface area (Å²) >= 11 is 0. The summed E-state index contributed by atoms with van der Waals surface area (Å²) in [4.78, 5) is 17.5. The Labute approximate surface area is 128 Å². The maximum atomic E-state index is 11.5. The Kier molecular flexibility index (Phi) is 4.89. The van der Waals surface area contributed by atoms with E-state index in [1.54, 1.807) is 23.2 Å². The molecular weight excluding hydrogens is 287 g/mol. The maximum absolute atomic E-state index is 11.5. The second-order valence-corrected chi connectivity index (χ2v) is 5.79. The molecule has 9 heteroatoms. The molecule has 1 aliphatic heterocycles. The molecule has 120 valence electrons. The van der Waals surface area contributed by atoms with E-state index in [0.29, 0.717) is 30.9 Å². The number of rotatable bonds is 6. The van der Waals surface area contributed by atoms with Gasteiger partial charge in [0.05, 0.1) is 11.6 Å². The van der Waals surface area contributed by atoms with E-state index in [2.05, 4.69) is 4.98 Å². The van der Waals surface area contributed by atoms with Gasteiger partial charge in [-0.25, -0.2) is 4.98 Å². The number of hydrogen-bond donors (Lipinski definition) is 5. The van der Waals surface area contributed by atoms with Gasteiger partial charge in [0.25, 0.3) is 0 Å². The number of nitrogens with two attached hydrogens (primary N) is 2. The lowest BCUT2D eigenvalue weighted by molar-refractivity contribution is -0.142. The van der Waals surface area contributed by atoms with Crippen molar-refractivity contribution < 1.29 is 19.9 Å². The van der Waals surface area contributed by atoms with Gasteiger partial charge in [-0.2, -0.15) is 0 Å². The normalized spacial score (nSPS) is 24.5. The molecule has 0 spiro atoms. The highest BCUT2D eigenvalue weighted by atomic mass is 16.4. The van der Waals surface area contributed by atoms with Crippen molar-refractivity contribution in [2.75, 3.05) is 23.7 Å². The van der Waals surface area contributed by atoms with E-state index in [-0.39, 0.29) is 12.9 Å². The Balaban J connectivity index is 2.15. The summed E-state index contributed by atoms with van der Waals surface area (Å²) < 4.78 is 0. The van der Waals surface area contributed by atoms with Gasteiger partial charge >= 0.3 is 13.1 Å². The number of aliphatic carboxylic acids is 1. The topological polar surface area (TPSA) is 146 Å². The van der Waals surface area contributed by atoms with Crippen LogP contribution in [0.5, 0.6) is 0 Å². The molecule has 0 amide bonds. The lowest BCUT2D eigenvalue weighted by Crippen LogP contribution is -2.50. The Morgan fingerprint density at radius 2 is 2.27 bits per heavy atom. The third kappa shape index (κ3) is 3.49. The molecule has 1 fully saturated rings. The molecule has 1 aliphatic rings. The van der Waals surface area contributed by atoms with Crippen LogP contribution in [0.2, 0.25) is 6.32 Å². The molecule has 1 aromatic heterocycles. The molecule has 2 heterocycles. The van der Waals surface area contributed by atoms with Crippen molar-refractivity contribution in [2.45, 2.75) is 24.7 Å². The van der Waals surface area contributed by atoms with E-state index in [9.17, 15) is 9.90 Å². The van der Waals surface area contributed by atoms with Crippen LogP contribution < -0.4 is 16.4 Å². The van der Waals surface area contributed by atoms with E-state index >= 15 is 0 Å². The first-order valence-corrected chi connectivity index (χ1v) is 7.17. The van der Waals surface area contributed by atoms with Crippen molar-refractivity contribution in [2.24, 2.45) is 11.7 Å². The SMILES string of the molecule is Nc1cccnc1N1C[C@@H](C(=O)O)[C@@](N)(CCCB(O)O)C1. The summed E-state index contributed by atoms with van der Waals surface area (Å²) in [5.74, 6) is -1.20. The number of nitrogen functional groups attached to an aromatic ring is 1. The van der Waals surface area contributed by atoms with Crippen LogP contribution in [0.15, 0.2) is 18.3 Å². The average molecular weight is 308 g/mol. The second-order valence-electron chi connectivity index (χ2n) is 5.79. The summed E-state index contributed by atoms with van der Waals surface area (Å²) in [6.07, 6.45) is 2.57. The highest BCUT2D eigenvalue weighted by Gasteiger charge is 2.48. The van der Waals surface area contributed by atoms with E-state index in [4.69, 9.17) is 21.5 Å². The van der Waals surface area contributed by atoms with Crippen LogP contribution in [0.3, 0.4) is 0 Å². The van der Waals surface area contributed by atoms with Crippen LogP contribution in [0.25, 0.3) is 0 Å². The van der Waals surface area contributed by atoms with Gasteiger partial charge < -0.3 is 31.5 Å². The van der Waals surface area contributed by atoms with Gasteiger partial charge in [0.15, 0.2) is 5.82 Å². The van der Waals surface area contributed by atoms with Crippen LogP contribution >= 0.6 is 0 Å². The molecular formula is C13H21BN4O4. The number of anilines is 2. The zero-order valence-electron chi connectivity index (χ0n) is 12.2. The fourth-order valence-electron chi connectivity index (χ4n) is 2.96. The number of pyridine rings is 1. The Bertz CT molecular complexity index is 545. The molecule has 0 saturated carbocycles. The molecule has 0 aromatic carbocycles. The molecule has 0 unspecified atom stereocenters. The first kappa shape index (κ1) is 16.5. The van der Waals surface area contributed by atoms with Gasteiger partial charge in [-0.3, -0.25) is 4.79 Å². The minimum atomic E-state index is -1.41. The highest BCUT2D eigenvalue weighted by molar-refractivity contribution is 6.40. The predicted molar refractivity (Wildman–Crippen MR) is 83.1 cm³/mol. The van der Waals surface area contributed by atoms with Crippen LogP contribution in [0, 0.1) is 5.92 Å². The molecule has 7 N–H and O–H groups in total. The Hall–Kier alpha value is -1.84. The molecule has 0 bridgehead atoms. The number of hydrogen-bond acceptors (Lipinski definition) is 7. The minimum absolute atomic E-state index is 0.164. The van der Waals surface area contributed by atoms with E-state index in [0.717, 1.165) is 0 Å². The van der Waals surface area contributed by atoms with Gasteiger partial charge in [-0.1, -0.05) is 6.42 Å². The Morgan fingerprint density at radius 1 is 1.55 bits per heavy atom. The zero-order valence-corrected chi connectivity index (χ0v) is 12.2. The van der Waals surface area contributed by atoms with Gasteiger partial charge in [0, 0.05) is 24.8 Å². The zero-order chi connectivity index (χ0) is 16.3. The molecule has 22 heavy (non-hydrogen) atoms. The maximum Gasteiger partial charge on any atom is 0.451 e. The first-order valence-electron chi connectivity index (χ1n) is 7.17. The number of carboxylic acids is 1. The van der Waals surface area contributed by atoms with Crippen LogP contribution in [-0.4, -0.2) is 51.9 Å². The van der Waals surface area contributed by atoms with Crippen molar-refractivity contribution in [3.63, 3.8) is 0 Å². The number of carbonyl (C=O) groups is 1. The summed E-state index contributed by atoms with van der Waals surface area (Å²) in [5, 5.41) is 27.3. The smallest absolute Gasteiger partial charge is 0.451 e. The molecule has 2 atom stereocenters. The molecule has 0 radical (unpaired) electrons. The molecule has 1 aromatic rings. The van der Waals surface area contributed by atoms with Crippen LogP contribution in [0.4, 0.5) is 11.5 Å². The lowest BCUT2D eigenvalue weighted by Gasteiger charge is -2.28. The first-order chi connectivity index (χ1) is 10.3. The lowest BCUT2D eigenvalue weighted by atomic mass is 9.77. The van der Waals surface area contributed by atoms with Crippen molar-refractivity contribution in [1.82, 2.24) is 4.98 Å². The van der Waals surface area contributed by atoms with E-state index < -0.39 is 24.5 Å². The Morgan fingerprint density at radius 3 is 2.86 bits per heavy atom. The number of aromatic nitrogens is 1. The van der Waals surface area contributed by atoms with Crippen molar-refractivity contribution >= 4 is 24.6 Å². The summed E-state index contributed by atoms with van der Waals surface area (Å²) in [7, 11) is -1.41. The van der Waals surface area contributed by atoms with Crippen molar-refractivity contribution in [3.05, 3.63) is 18.3 Å². The monoisotopic (exact) mass is 308 g/mol. The standard InChI is InChI=1S/C13H21BN4O4/c15-10-3-1-6-17-11(10)18-7-9(12(19)20)13(16,8-18)4-2-5-14(21)22/h1,3,6,9,21-22H,2,4-5,7-8,15-16H2,(H,19,20)/t9-,13+/m0/s1. The van der Waals surface area contributed by atoms with Gasteiger partial charge in [-0.05, 0) is 24.9 Å². The van der Waals surface area contributed by atoms with Crippen LogP contribution in [-0.2, 0) is 4.79 Å². The fourth-order valence-corrected chi connectivity index (χ4v) is 2.96. The number of carboxylic acid groups (broad SMARTS) is 1. The van der Waals surface area contributed by atoms with Crippen LogP contribution in [0.1, 0.15) is 12.8 Å². The largest absolute Gasteiger partial charge is 0.481 e. The molecule has 1 saturated heterocycles. The van der Waals surface area contributed by atoms with Crippen molar-refractivity contribution in [3.8, 4) is 0 Å². The highest BCUT2D eigenvalue weighted by Crippen LogP contribution is 2.34. The third-order valence-electron chi connectivity index (χ3n) is 4.10. The number of nitrogens with zero attached hydrogens (tertiary/aromatic N) is 2. The van der Waals surface area contributed by atoms with E-state index in [1.807, 2.05) is 0 Å². The summed E-state index contributed by atoms with van der Waals surface area (Å²) in [6, 6.07) is 3.42. The average Bonchev–Trinajstić information content (AvgIpc) is 2.77. The quantitative estimate of drug-likeness (QED) is 0.426. The van der Waals surface area contributed by atoms with Gasteiger partial charge in [0.2, 0.25) is 0 Å². The minimum Gasteiger partial charge on any atom is -0.481 e. The second kappa shape index (κ2) is 6.51. The summed E-state index contributed by atoms with van der Waals surface area (Å²) in [6.45, 7) is 0.543. The molecule has 2 rings (SSSR count). The third-order valence-corrected chi connectivity index (χ3v) is 4.10. The fraction of sp³-hybridized carbons (Fsp3) is 0.538. The molecule has 8 nitrogen and oxygen atoms in total. The van der Waals surface area contributed by atoms with Crippen molar-refractivity contribution in [1.29, 1.82) is 0 Å². The molecule has 0 aliphatic carbocycles. The van der Waals surface area contributed by atoms with Gasteiger partial charge in [-0.15, -0.1) is 0 Å². The van der Waals surface area contributed by atoms with E-state index in [1.165, 1.54) is 0 Å².